The summed E-state index contributed by atoms with van der Waals surface area (Å²) < 4.78 is 29.3. The summed E-state index contributed by atoms with van der Waals surface area (Å²) in [5.74, 6) is -4.33. The monoisotopic (exact) mass is 166 g/mol. The van der Waals surface area contributed by atoms with Gasteiger partial charge >= 0.3 is 5.97 Å². The smallest absolute Gasteiger partial charge is 0.335 e. The highest BCUT2D eigenvalue weighted by Crippen LogP contribution is 2.36. The molecule has 1 heterocycles. The van der Waals surface area contributed by atoms with Gasteiger partial charge < -0.3 is 9.84 Å². The third kappa shape index (κ3) is 1.48. The number of hydrogen-bond donors (Lipinski definition) is 1. The predicted molar refractivity (Wildman–Crippen MR) is 31.6 cm³/mol. The summed E-state index contributed by atoms with van der Waals surface area (Å²) in [6.45, 7) is 0.353. The molecule has 0 aromatic rings. The van der Waals surface area contributed by atoms with E-state index >= 15 is 0 Å². The van der Waals surface area contributed by atoms with E-state index in [1.165, 1.54) is 0 Å². The van der Waals surface area contributed by atoms with Crippen LogP contribution in [-0.4, -0.2) is 29.2 Å². The lowest BCUT2D eigenvalue weighted by Crippen LogP contribution is -2.35. The van der Waals surface area contributed by atoms with Gasteiger partial charge in [0.25, 0.3) is 5.92 Å². The number of aliphatic carboxylic acids is 1. The van der Waals surface area contributed by atoms with Crippen LogP contribution in [0, 0.1) is 0 Å². The summed E-state index contributed by atoms with van der Waals surface area (Å²) in [5.41, 5.74) is -1.70. The first-order valence-electron chi connectivity index (χ1n) is 3.11. The van der Waals surface area contributed by atoms with Gasteiger partial charge in [-0.3, -0.25) is 0 Å². The van der Waals surface area contributed by atoms with Crippen molar-refractivity contribution < 1.29 is 23.4 Å². The number of ether oxygens (including phenoxy) is 1. The molecule has 1 aliphatic heterocycles. The summed E-state index contributed by atoms with van der Waals surface area (Å²) in [5, 5.41) is 8.45. The molecule has 0 spiro atoms. The fourth-order valence-electron chi connectivity index (χ4n) is 0.998. The molecule has 11 heavy (non-hydrogen) atoms. The van der Waals surface area contributed by atoms with E-state index in [9.17, 15) is 13.6 Å². The van der Waals surface area contributed by atoms with Gasteiger partial charge in [0, 0.05) is 0 Å². The van der Waals surface area contributed by atoms with Gasteiger partial charge in [0.15, 0.2) is 5.60 Å². The SMILES string of the molecule is C[C@]1(C(=O)O)CC(F)(F)CO1. The first-order valence-corrected chi connectivity index (χ1v) is 3.11. The average molecular weight is 166 g/mol. The second kappa shape index (κ2) is 2.14. The number of carbonyl (C=O) groups is 1. The Labute approximate surface area is 62.0 Å². The normalized spacial score (nSPS) is 35.5. The molecule has 0 radical (unpaired) electrons. The maximum atomic E-state index is 12.4. The molecule has 0 unspecified atom stereocenters. The Morgan fingerprint density at radius 3 is 2.36 bits per heavy atom. The molecule has 0 bridgehead atoms. The van der Waals surface area contributed by atoms with Crippen LogP contribution in [0.15, 0.2) is 0 Å². The minimum Gasteiger partial charge on any atom is -0.479 e. The Morgan fingerprint density at radius 1 is 1.64 bits per heavy atom. The molecule has 3 nitrogen and oxygen atoms in total. The van der Waals surface area contributed by atoms with Gasteiger partial charge in [-0.2, -0.15) is 0 Å². The van der Waals surface area contributed by atoms with Crippen molar-refractivity contribution in [3.8, 4) is 0 Å². The molecule has 1 N–H and O–H groups in total. The van der Waals surface area contributed by atoms with Crippen LogP contribution in [0.25, 0.3) is 0 Å². The molecule has 1 saturated heterocycles. The first-order chi connectivity index (χ1) is 4.86. The van der Waals surface area contributed by atoms with Gasteiger partial charge in [-0.1, -0.05) is 0 Å². The van der Waals surface area contributed by atoms with E-state index in [4.69, 9.17) is 5.11 Å². The number of carboxylic acid groups (broad SMARTS) is 1. The van der Waals surface area contributed by atoms with Crippen molar-refractivity contribution in [2.24, 2.45) is 0 Å². The summed E-state index contributed by atoms with van der Waals surface area (Å²) in [7, 11) is 0. The molecule has 0 saturated carbocycles. The topological polar surface area (TPSA) is 46.5 Å². The van der Waals surface area contributed by atoms with Gasteiger partial charge in [-0.15, -0.1) is 0 Å². The Morgan fingerprint density at radius 2 is 2.18 bits per heavy atom. The summed E-state index contributed by atoms with van der Waals surface area (Å²) >= 11 is 0. The van der Waals surface area contributed by atoms with Crippen molar-refractivity contribution in [2.75, 3.05) is 6.61 Å². The average Bonchev–Trinajstić information content (AvgIpc) is 2.08. The Kier molecular flexibility index (Phi) is 1.63. The number of halogens is 2. The zero-order valence-corrected chi connectivity index (χ0v) is 5.93. The lowest BCUT2D eigenvalue weighted by atomic mass is 10.0. The summed E-state index contributed by atoms with van der Waals surface area (Å²) in [6, 6.07) is 0. The Bertz CT molecular complexity index is 192. The van der Waals surface area contributed by atoms with Crippen LogP contribution in [0.4, 0.5) is 8.78 Å². The van der Waals surface area contributed by atoms with Gasteiger partial charge in [0.1, 0.15) is 6.61 Å². The van der Waals surface area contributed by atoms with E-state index in [-0.39, 0.29) is 0 Å². The van der Waals surface area contributed by atoms with Crippen LogP contribution in [-0.2, 0) is 9.53 Å². The summed E-state index contributed by atoms with van der Waals surface area (Å²) in [6.07, 6.45) is -0.741. The van der Waals surface area contributed by atoms with Gasteiger partial charge in [-0.25, -0.2) is 13.6 Å². The predicted octanol–water partition coefficient (Wildman–Crippen LogP) is 0.885. The molecule has 64 valence electrons. The zero-order valence-electron chi connectivity index (χ0n) is 5.93. The largest absolute Gasteiger partial charge is 0.479 e. The molecule has 5 heteroatoms. The minimum absolute atomic E-state index is 0.741. The molecule has 1 rings (SSSR count). The highest BCUT2D eigenvalue weighted by molar-refractivity contribution is 5.77. The highest BCUT2D eigenvalue weighted by Gasteiger charge is 2.52. The first kappa shape index (κ1) is 8.39. The highest BCUT2D eigenvalue weighted by atomic mass is 19.3. The molecule has 1 fully saturated rings. The lowest BCUT2D eigenvalue weighted by molar-refractivity contribution is -0.157. The molecular weight excluding hydrogens is 158 g/mol. The van der Waals surface area contributed by atoms with Gasteiger partial charge in [0.2, 0.25) is 0 Å². The molecular formula is C6H8F2O3. The lowest BCUT2D eigenvalue weighted by Gasteiger charge is -2.15. The van der Waals surface area contributed by atoms with E-state index in [0.717, 1.165) is 6.92 Å². The van der Waals surface area contributed by atoms with Crippen molar-refractivity contribution >= 4 is 5.97 Å². The second-order valence-electron chi connectivity index (χ2n) is 2.86. The minimum atomic E-state index is -2.99. The number of rotatable bonds is 1. The van der Waals surface area contributed by atoms with Crippen LogP contribution in [0.3, 0.4) is 0 Å². The standard InChI is InChI=1S/C6H8F2O3/c1-5(4(9)10)2-6(7,8)3-11-5/h2-3H2,1H3,(H,9,10)/t5-/m1/s1. The Hall–Kier alpha value is -0.710. The third-order valence-electron chi connectivity index (χ3n) is 1.65. The van der Waals surface area contributed by atoms with Crippen molar-refractivity contribution in [3.63, 3.8) is 0 Å². The maximum Gasteiger partial charge on any atom is 0.335 e. The zero-order chi connectivity index (χ0) is 8.70. The summed E-state index contributed by atoms with van der Waals surface area (Å²) in [4.78, 5) is 10.4. The van der Waals surface area contributed by atoms with Crippen LogP contribution in [0.2, 0.25) is 0 Å². The quantitative estimate of drug-likeness (QED) is 0.629. The van der Waals surface area contributed by atoms with E-state index in [0.29, 0.717) is 0 Å². The molecule has 1 aliphatic rings. The molecule has 0 amide bonds. The fraction of sp³-hybridized carbons (Fsp3) is 0.833. The maximum absolute atomic E-state index is 12.4. The van der Waals surface area contributed by atoms with Crippen LogP contribution < -0.4 is 0 Å². The van der Waals surface area contributed by atoms with Crippen molar-refractivity contribution in [1.29, 1.82) is 0 Å². The van der Waals surface area contributed by atoms with E-state index in [1.54, 1.807) is 0 Å². The number of hydrogen-bond acceptors (Lipinski definition) is 2. The van der Waals surface area contributed by atoms with Gasteiger partial charge in [-0.05, 0) is 6.92 Å². The third-order valence-corrected chi connectivity index (χ3v) is 1.65. The fourth-order valence-corrected chi connectivity index (χ4v) is 0.998. The van der Waals surface area contributed by atoms with Crippen LogP contribution in [0.1, 0.15) is 13.3 Å². The second-order valence-corrected chi connectivity index (χ2v) is 2.86. The van der Waals surface area contributed by atoms with Crippen molar-refractivity contribution in [3.05, 3.63) is 0 Å². The molecule has 0 aromatic heterocycles. The van der Waals surface area contributed by atoms with Crippen LogP contribution >= 0.6 is 0 Å². The molecule has 1 atom stereocenters. The van der Waals surface area contributed by atoms with Crippen LogP contribution in [0.5, 0.6) is 0 Å². The van der Waals surface area contributed by atoms with Crippen molar-refractivity contribution in [1.82, 2.24) is 0 Å². The molecule has 0 aliphatic carbocycles. The number of alkyl halides is 2. The molecule has 0 aromatic carbocycles. The van der Waals surface area contributed by atoms with Gasteiger partial charge in [0.05, 0.1) is 6.42 Å². The van der Waals surface area contributed by atoms with E-state index in [1.807, 2.05) is 0 Å². The van der Waals surface area contributed by atoms with Crippen molar-refractivity contribution in [2.45, 2.75) is 24.9 Å². The Balaban J connectivity index is 2.73. The van der Waals surface area contributed by atoms with E-state index < -0.39 is 30.5 Å². The number of carboxylic acids is 1. The van der Waals surface area contributed by atoms with E-state index in [2.05, 4.69) is 4.74 Å².